The highest BCUT2D eigenvalue weighted by Crippen LogP contribution is 2.30. The lowest BCUT2D eigenvalue weighted by molar-refractivity contribution is 0.260. The Hall–Kier alpha value is -0.880. The van der Waals surface area contributed by atoms with Gasteiger partial charge in [0.25, 0.3) is 5.56 Å². The molecule has 1 aromatic rings. The SMILES string of the molecule is NC1(CNc2c(Br)cnn(CC3CCC3)c2=O)CCC1. The minimum Gasteiger partial charge on any atom is -0.378 e. The van der Waals surface area contributed by atoms with Crippen LogP contribution in [-0.4, -0.2) is 21.9 Å². The zero-order valence-corrected chi connectivity index (χ0v) is 13.2. The third-order valence-corrected chi connectivity index (χ3v) is 5.22. The molecule has 2 aliphatic carbocycles. The number of nitrogens with zero attached hydrogens (tertiary/aromatic N) is 2. The van der Waals surface area contributed by atoms with Crippen LogP contribution in [0, 0.1) is 5.92 Å². The van der Waals surface area contributed by atoms with Gasteiger partial charge in [-0.05, 0) is 54.0 Å². The molecule has 0 amide bonds. The van der Waals surface area contributed by atoms with E-state index in [9.17, 15) is 4.79 Å². The van der Waals surface area contributed by atoms with Crippen molar-refractivity contribution in [2.45, 2.75) is 50.6 Å². The van der Waals surface area contributed by atoms with Crippen molar-refractivity contribution < 1.29 is 0 Å². The van der Waals surface area contributed by atoms with E-state index in [0.29, 0.717) is 18.2 Å². The van der Waals surface area contributed by atoms with E-state index >= 15 is 0 Å². The van der Waals surface area contributed by atoms with E-state index in [1.165, 1.54) is 25.7 Å². The molecule has 6 heteroatoms. The molecule has 3 N–H and O–H groups in total. The van der Waals surface area contributed by atoms with Gasteiger partial charge < -0.3 is 11.1 Å². The van der Waals surface area contributed by atoms with Gasteiger partial charge >= 0.3 is 0 Å². The molecule has 0 bridgehead atoms. The van der Waals surface area contributed by atoms with Crippen molar-refractivity contribution in [3.05, 3.63) is 21.0 Å². The van der Waals surface area contributed by atoms with Crippen LogP contribution in [0.4, 0.5) is 5.69 Å². The Kier molecular flexibility index (Phi) is 3.86. The van der Waals surface area contributed by atoms with Crippen molar-refractivity contribution >= 4 is 21.6 Å². The molecule has 0 spiro atoms. The highest BCUT2D eigenvalue weighted by Gasteiger charge is 2.32. The zero-order chi connectivity index (χ0) is 14.2. The van der Waals surface area contributed by atoms with Crippen LogP contribution in [0.5, 0.6) is 0 Å². The second-order valence-electron chi connectivity index (χ2n) is 6.22. The highest BCUT2D eigenvalue weighted by atomic mass is 79.9. The monoisotopic (exact) mass is 340 g/mol. The number of nitrogens with one attached hydrogen (secondary N) is 1. The van der Waals surface area contributed by atoms with Gasteiger partial charge in [-0.15, -0.1) is 0 Å². The van der Waals surface area contributed by atoms with E-state index in [4.69, 9.17) is 5.73 Å². The fraction of sp³-hybridized carbons (Fsp3) is 0.714. The lowest BCUT2D eigenvalue weighted by atomic mass is 9.78. The standard InChI is InChI=1S/C14H21BrN4O/c15-11-7-18-19(8-10-3-1-4-10)13(20)12(11)17-9-14(16)5-2-6-14/h7,10,17H,1-6,8-9,16H2. The summed E-state index contributed by atoms with van der Waals surface area (Å²) < 4.78 is 2.30. The first-order valence-electron chi connectivity index (χ1n) is 7.36. The zero-order valence-electron chi connectivity index (χ0n) is 11.6. The Balaban J connectivity index is 1.74. The van der Waals surface area contributed by atoms with Gasteiger partial charge in [-0.2, -0.15) is 5.10 Å². The number of aromatic nitrogens is 2. The summed E-state index contributed by atoms with van der Waals surface area (Å²) in [6, 6.07) is 0. The Labute approximate surface area is 127 Å². The second-order valence-corrected chi connectivity index (χ2v) is 7.08. The summed E-state index contributed by atoms with van der Waals surface area (Å²) in [6.07, 6.45) is 8.63. The quantitative estimate of drug-likeness (QED) is 0.860. The van der Waals surface area contributed by atoms with Crippen molar-refractivity contribution in [2.24, 2.45) is 11.7 Å². The number of anilines is 1. The van der Waals surface area contributed by atoms with Crippen molar-refractivity contribution in [1.82, 2.24) is 9.78 Å². The highest BCUT2D eigenvalue weighted by molar-refractivity contribution is 9.10. The fourth-order valence-electron chi connectivity index (χ4n) is 2.75. The molecule has 110 valence electrons. The molecule has 0 saturated heterocycles. The molecule has 5 nitrogen and oxygen atoms in total. The lowest BCUT2D eigenvalue weighted by Crippen LogP contribution is -2.52. The molecular formula is C14H21BrN4O. The number of rotatable bonds is 5. The van der Waals surface area contributed by atoms with Crippen LogP contribution in [-0.2, 0) is 6.54 Å². The van der Waals surface area contributed by atoms with Gasteiger partial charge in [0, 0.05) is 18.6 Å². The average molecular weight is 341 g/mol. The summed E-state index contributed by atoms with van der Waals surface area (Å²) in [5, 5.41) is 7.45. The van der Waals surface area contributed by atoms with Crippen molar-refractivity contribution in [1.29, 1.82) is 0 Å². The predicted octanol–water partition coefficient (Wildman–Crippen LogP) is 2.10. The number of hydrogen-bond acceptors (Lipinski definition) is 4. The van der Waals surface area contributed by atoms with Crippen LogP contribution in [0.2, 0.25) is 0 Å². The maximum atomic E-state index is 12.5. The van der Waals surface area contributed by atoms with Crippen LogP contribution in [0.1, 0.15) is 38.5 Å². The van der Waals surface area contributed by atoms with E-state index in [-0.39, 0.29) is 11.1 Å². The average Bonchev–Trinajstić information content (AvgIpc) is 2.33. The van der Waals surface area contributed by atoms with E-state index in [1.807, 2.05) is 0 Å². The summed E-state index contributed by atoms with van der Waals surface area (Å²) in [5.41, 5.74) is 6.60. The van der Waals surface area contributed by atoms with Crippen molar-refractivity contribution in [3.8, 4) is 0 Å². The first-order valence-corrected chi connectivity index (χ1v) is 8.15. The molecule has 0 radical (unpaired) electrons. The van der Waals surface area contributed by atoms with Crippen LogP contribution >= 0.6 is 15.9 Å². The largest absolute Gasteiger partial charge is 0.378 e. The number of halogens is 1. The Morgan fingerprint density at radius 2 is 2.20 bits per heavy atom. The molecule has 0 aliphatic heterocycles. The first-order chi connectivity index (χ1) is 9.57. The lowest BCUT2D eigenvalue weighted by Gasteiger charge is -2.38. The van der Waals surface area contributed by atoms with E-state index in [0.717, 1.165) is 23.9 Å². The molecule has 2 saturated carbocycles. The van der Waals surface area contributed by atoms with Crippen LogP contribution < -0.4 is 16.6 Å². The van der Waals surface area contributed by atoms with Gasteiger partial charge in [0.1, 0.15) is 5.69 Å². The molecule has 0 aromatic carbocycles. The normalized spacial score (nSPS) is 21.1. The Bertz CT molecular complexity index is 549. The number of hydrogen-bond donors (Lipinski definition) is 2. The minimum atomic E-state index is -0.145. The molecule has 2 fully saturated rings. The molecule has 2 aliphatic rings. The minimum absolute atomic E-state index is 0.0470. The first kappa shape index (κ1) is 14.1. The summed E-state index contributed by atoms with van der Waals surface area (Å²) in [5.74, 6) is 0.613. The molecule has 0 atom stereocenters. The summed E-state index contributed by atoms with van der Waals surface area (Å²) in [6.45, 7) is 1.38. The molecule has 1 aromatic heterocycles. The van der Waals surface area contributed by atoms with Gasteiger partial charge in [-0.1, -0.05) is 6.42 Å². The molecule has 3 rings (SSSR count). The van der Waals surface area contributed by atoms with Gasteiger partial charge in [0.15, 0.2) is 0 Å². The summed E-state index contributed by atoms with van der Waals surface area (Å²) in [4.78, 5) is 12.5. The van der Waals surface area contributed by atoms with E-state index in [2.05, 4.69) is 26.3 Å². The topological polar surface area (TPSA) is 72.9 Å². The maximum Gasteiger partial charge on any atom is 0.291 e. The van der Waals surface area contributed by atoms with Crippen LogP contribution in [0.15, 0.2) is 15.5 Å². The van der Waals surface area contributed by atoms with Crippen molar-refractivity contribution in [2.75, 3.05) is 11.9 Å². The maximum absolute atomic E-state index is 12.5. The Morgan fingerprint density at radius 3 is 2.75 bits per heavy atom. The molecule has 1 heterocycles. The van der Waals surface area contributed by atoms with Gasteiger partial charge in [-0.3, -0.25) is 4.79 Å². The third-order valence-electron chi connectivity index (χ3n) is 4.62. The van der Waals surface area contributed by atoms with Crippen LogP contribution in [0.25, 0.3) is 0 Å². The summed E-state index contributed by atoms with van der Waals surface area (Å²) >= 11 is 3.41. The molecule has 20 heavy (non-hydrogen) atoms. The third kappa shape index (κ3) is 2.76. The Morgan fingerprint density at radius 1 is 1.45 bits per heavy atom. The van der Waals surface area contributed by atoms with E-state index in [1.54, 1.807) is 10.9 Å². The van der Waals surface area contributed by atoms with Gasteiger partial charge in [0.2, 0.25) is 0 Å². The van der Waals surface area contributed by atoms with Crippen LogP contribution in [0.3, 0.4) is 0 Å². The molecule has 0 unspecified atom stereocenters. The smallest absolute Gasteiger partial charge is 0.291 e. The fourth-order valence-corrected chi connectivity index (χ4v) is 3.15. The second kappa shape index (κ2) is 5.48. The van der Waals surface area contributed by atoms with Gasteiger partial charge in [0.05, 0.1) is 10.7 Å². The predicted molar refractivity (Wildman–Crippen MR) is 82.8 cm³/mol. The van der Waals surface area contributed by atoms with Crippen molar-refractivity contribution in [3.63, 3.8) is 0 Å². The summed E-state index contributed by atoms with van der Waals surface area (Å²) in [7, 11) is 0. The number of nitrogens with two attached hydrogens (primary N) is 1. The van der Waals surface area contributed by atoms with Gasteiger partial charge in [-0.25, -0.2) is 4.68 Å². The molecular weight excluding hydrogens is 320 g/mol. The van der Waals surface area contributed by atoms with E-state index < -0.39 is 0 Å².